The number of hydrogen-bond acceptors (Lipinski definition) is 5. The van der Waals surface area contributed by atoms with E-state index in [-0.39, 0.29) is 22.7 Å². The van der Waals surface area contributed by atoms with E-state index >= 15 is 0 Å². The molecular formula is C22H14Cl3F3N2O5S. The Kier molecular flexibility index (Phi) is 6.71. The number of fused-ring (bicyclic) bond motifs is 1. The predicted molar refractivity (Wildman–Crippen MR) is 127 cm³/mol. The second kappa shape index (κ2) is 9.22. The van der Waals surface area contributed by atoms with Gasteiger partial charge in [-0.25, -0.2) is 8.42 Å². The normalized spacial score (nSPS) is 14.8. The lowest BCUT2D eigenvalue weighted by molar-refractivity contribution is -0.137. The monoisotopic (exact) mass is 580 g/mol. The van der Waals surface area contributed by atoms with Crippen molar-refractivity contribution in [3.8, 4) is 11.5 Å². The fraction of sp³-hybridized carbons (Fsp3) is 0.136. The number of amides is 1. The van der Waals surface area contributed by atoms with Gasteiger partial charge >= 0.3 is 12.1 Å². The first-order valence-corrected chi connectivity index (χ1v) is 12.5. The van der Waals surface area contributed by atoms with Crippen LogP contribution in [0, 0.1) is 0 Å². The summed E-state index contributed by atoms with van der Waals surface area (Å²) in [6.45, 7) is 0. The van der Waals surface area contributed by atoms with E-state index in [1.807, 2.05) is 0 Å². The first kappa shape index (κ1) is 26.2. The maximum atomic E-state index is 13.0. The van der Waals surface area contributed by atoms with Crippen molar-refractivity contribution in [3.63, 3.8) is 0 Å². The number of ether oxygens (including phenoxy) is 2. The summed E-state index contributed by atoms with van der Waals surface area (Å²) in [6.07, 6.45) is -4.66. The summed E-state index contributed by atoms with van der Waals surface area (Å²) in [4.78, 5) is 12.6. The molecule has 0 atom stereocenters. The third-order valence-corrected chi connectivity index (χ3v) is 6.98. The molecule has 1 aliphatic rings. The van der Waals surface area contributed by atoms with Crippen LogP contribution in [-0.2, 0) is 16.2 Å². The van der Waals surface area contributed by atoms with Crippen molar-refractivity contribution in [1.82, 2.24) is 5.32 Å². The van der Waals surface area contributed by atoms with Gasteiger partial charge in [0.05, 0.1) is 10.5 Å². The molecule has 36 heavy (non-hydrogen) atoms. The van der Waals surface area contributed by atoms with Gasteiger partial charge < -0.3 is 9.47 Å². The first-order chi connectivity index (χ1) is 16.7. The van der Waals surface area contributed by atoms with Crippen LogP contribution in [0.4, 0.5) is 18.9 Å². The van der Waals surface area contributed by atoms with Crippen LogP contribution in [0.25, 0.3) is 0 Å². The number of carbonyl (C=O) groups excluding carboxylic acids is 1. The number of nitrogens with one attached hydrogen (secondary N) is 2. The summed E-state index contributed by atoms with van der Waals surface area (Å²) < 4.78 is 75.4. The maximum Gasteiger partial charge on any atom is 0.416 e. The Hall–Kier alpha value is -2.86. The van der Waals surface area contributed by atoms with Gasteiger partial charge in [-0.1, -0.05) is 59.1 Å². The molecule has 0 unspecified atom stereocenters. The molecule has 7 nitrogen and oxygen atoms in total. The van der Waals surface area contributed by atoms with E-state index in [4.69, 9.17) is 44.3 Å². The molecule has 0 spiro atoms. The van der Waals surface area contributed by atoms with Gasteiger partial charge in [0.15, 0.2) is 11.5 Å². The minimum atomic E-state index is -4.66. The Labute approximate surface area is 218 Å². The highest BCUT2D eigenvalue weighted by atomic mass is 35.6. The zero-order chi connectivity index (χ0) is 26.4. The van der Waals surface area contributed by atoms with Gasteiger partial charge in [-0.05, 0) is 48.5 Å². The van der Waals surface area contributed by atoms with Gasteiger partial charge in [0.1, 0.15) is 0 Å². The average Bonchev–Trinajstić information content (AvgIpc) is 3.18. The molecule has 2 N–H and O–H groups in total. The Bertz CT molecular complexity index is 1400. The van der Waals surface area contributed by atoms with Crippen molar-refractivity contribution in [2.45, 2.75) is 20.8 Å². The highest BCUT2D eigenvalue weighted by molar-refractivity contribution is 7.92. The standard InChI is InChI=1S/C22H14Cl3F3N2O5S/c23-21(24,25)22(34-17-9-1-2-10-18(17)35-22)29-19(31)13-5-3-8-16(11-13)36(32,33)30-15-7-4-6-14(12-15)20(26,27)28/h1-12,30H,(H,29,31). The van der Waals surface area contributed by atoms with Crippen LogP contribution in [0.2, 0.25) is 0 Å². The third-order valence-electron chi connectivity index (χ3n) is 4.86. The van der Waals surface area contributed by atoms with Crippen LogP contribution >= 0.6 is 34.8 Å². The molecule has 3 aromatic carbocycles. The summed E-state index contributed by atoms with van der Waals surface area (Å²) in [7, 11) is -4.38. The molecule has 3 aromatic rings. The minimum Gasteiger partial charge on any atom is -0.428 e. The van der Waals surface area contributed by atoms with E-state index in [0.717, 1.165) is 30.3 Å². The Morgan fingerprint density at radius 3 is 2.06 bits per heavy atom. The molecule has 1 heterocycles. The molecule has 4 rings (SSSR count). The highest BCUT2D eigenvalue weighted by Crippen LogP contribution is 2.48. The maximum absolute atomic E-state index is 13.0. The lowest BCUT2D eigenvalue weighted by atomic mass is 10.2. The first-order valence-electron chi connectivity index (χ1n) is 9.87. The minimum absolute atomic E-state index is 0.186. The second-order valence-corrected chi connectivity index (χ2v) is 11.4. The summed E-state index contributed by atoms with van der Waals surface area (Å²) in [6, 6.07) is 14.6. The van der Waals surface area contributed by atoms with Gasteiger partial charge in [0, 0.05) is 11.3 Å². The van der Waals surface area contributed by atoms with E-state index in [9.17, 15) is 26.4 Å². The quantitative estimate of drug-likeness (QED) is 0.376. The molecule has 0 saturated carbocycles. The molecule has 0 fully saturated rings. The van der Waals surface area contributed by atoms with Gasteiger partial charge in [0.25, 0.3) is 19.7 Å². The molecule has 0 aliphatic carbocycles. The molecule has 0 bridgehead atoms. The van der Waals surface area contributed by atoms with E-state index < -0.39 is 42.3 Å². The van der Waals surface area contributed by atoms with Gasteiger partial charge in [-0.2, -0.15) is 13.2 Å². The lowest BCUT2D eigenvalue weighted by Crippen LogP contribution is -2.63. The number of benzene rings is 3. The van der Waals surface area contributed by atoms with E-state index in [2.05, 4.69) is 10.0 Å². The molecule has 0 radical (unpaired) electrons. The Morgan fingerprint density at radius 2 is 1.47 bits per heavy atom. The van der Waals surface area contributed by atoms with E-state index in [1.165, 1.54) is 24.3 Å². The highest BCUT2D eigenvalue weighted by Gasteiger charge is 2.59. The number of halogens is 6. The Morgan fingerprint density at radius 1 is 0.861 bits per heavy atom. The fourth-order valence-electron chi connectivity index (χ4n) is 3.19. The summed E-state index contributed by atoms with van der Waals surface area (Å²) >= 11 is 18.1. The molecule has 14 heteroatoms. The molecule has 1 amide bonds. The van der Waals surface area contributed by atoms with Gasteiger partial charge in [-0.15, -0.1) is 0 Å². The van der Waals surface area contributed by atoms with E-state index in [0.29, 0.717) is 6.07 Å². The fourth-order valence-corrected chi connectivity index (χ4v) is 4.65. The Balaban J connectivity index is 1.59. The molecular weight excluding hydrogens is 568 g/mol. The average molecular weight is 582 g/mol. The zero-order valence-electron chi connectivity index (χ0n) is 17.6. The van der Waals surface area contributed by atoms with Gasteiger partial charge in [-0.3, -0.25) is 14.8 Å². The third kappa shape index (κ3) is 5.29. The number of hydrogen-bond donors (Lipinski definition) is 2. The van der Waals surface area contributed by atoms with Crippen LogP contribution < -0.4 is 19.5 Å². The van der Waals surface area contributed by atoms with E-state index in [1.54, 1.807) is 12.1 Å². The van der Waals surface area contributed by atoms with Crippen LogP contribution in [0.5, 0.6) is 11.5 Å². The van der Waals surface area contributed by atoms with Crippen molar-refractivity contribution >= 4 is 56.4 Å². The van der Waals surface area contributed by atoms with Gasteiger partial charge in [0.2, 0.25) is 0 Å². The summed E-state index contributed by atoms with van der Waals surface area (Å²) in [5.74, 6) is -2.83. The predicted octanol–water partition coefficient (Wildman–Crippen LogP) is 5.73. The second-order valence-electron chi connectivity index (χ2n) is 7.43. The zero-order valence-corrected chi connectivity index (χ0v) is 20.7. The number of para-hydroxylation sites is 2. The largest absolute Gasteiger partial charge is 0.428 e. The van der Waals surface area contributed by atoms with Crippen LogP contribution in [0.3, 0.4) is 0 Å². The molecule has 0 aromatic heterocycles. The smallest absolute Gasteiger partial charge is 0.416 e. The lowest BCUT2D eigenvalue weighted by Gasteiger charge is -2.33. The van der Waals surface area contributed by atoms with Crippen LogP contribution in [0.1, 0.15) is 15.9 Å². The topological polar surface area (TPSA) is 93.7 Å². The van der Waals surface area contributed by atoms with Crippen molar-refractivity contribution in [1.29, 1.82) is 0 Å². The molecule has 190 valence electrons. The molecule has 0 saturated heterocycles. The van der Waals surface area contributed by atoms with Crippen molar-refractivity contribution in [2.24, 2.45) is 0 Å². The number of alkyl halides is 6. The number of anilines is 1. The molecule has 1 aliphatic heterocycles. The van der Waals surface area contributed by atoms with Crippen molar-refractivity contribution < 1.29 is 35.9 Å². The number of sulfonamides is 1. The SMILES string of the molecule is O=C(NC1(C(Cl)(Cl)Cl)Oc2ccccc2O1)c1cccc(S(=O)(=O)Nc2cccc(C(F)(F)F)c2)c1. The number of carbonyl (C=O) groups is 1. The summed E-state index contributed by atoms with van der Waals surface area (Å²) in [5.41, 5.74) is -1.55. The summed E-state index contributed by atoms with van der Waals surface area (Å²) in [5, 5.41) is 2.33. The van der Waals surface area contributed by atoms with Crippen molar-refractivity contribution in [3.05, 3.63) is 83.9 Å². The van der Waals surface area contributed by atoms with Crippen molar-refractivity contribution in [2.75, 3.05) is 4.72 Å². The van der Waals surface area contributed by atoms with Crippen LogP contribution in [-0.4, -0.2) is 24.0 Å². The number of rotatable bonds is 5. The van der Waals surface area contributed by atoms with Crippen LogP contribution in [0.15, 0.2) is 77.7 Å².